The van der Waals surface area contributed by atoms with E-state index in [1.165, 1.54) is 0 Å². The van der Waals surface area contributed by atoms with E-state index in [2.05, 4.69) is 9.98 Å². The molecule has 0 saturated heterocycles. The average Bonchev–Trinajstić information content (AvgIpc) is 3.25. The third-order valence-corrected chi connectivity index (χ3v) is 2.84. The first-order valence-electron chi connectivity index (χ1n) is 6.34. The molecule has 1 aliphatic carbocycles. The Morgan fingerprint density at radius 2 is 2.37 bits per heavy atom. The molecule has 0 spiro atoms. The first-order valence-corrected chi connectivity index (χ1v) is 6.34. The van der Waals surface area contributed by atoms with Crippen molar-refractivity contribution in [2.24, 2.45) is 10.7 Å². The van der Waals surface area contributed by atoms with Crippen molar-refractivity contribution in [3.63, 3.8) is 0 Å². The molecule has 4 heteroatoms. The number of aliphatic imine (C=N–C) groups is 1. The first-order chi connectivity index (χ1) is 9.35. The maximum atomic E-state index is 10.3. The van der Waals surface area contributed by atoms with Crippen molar-refractivity contribution in [3.8, 4) is 0 Å². The van der Waals surface area contributed by atoms with Gasteiger partial charge in [0.1, 0.15) is 6.29 Å². The molecule has 0 aromatic carbocycles. The summed E-state index contributed by atoms with van der Waals surface area (Å²) in [4.78, 5) is 18.9. The van der Waals surface area contributed by atoms with Crippen LogP contribution in [0.15, 0.2) is 35.7 Å². The van der Waals surface area contributed by atoms with E-state index in [0.29, 0.717) is 12.5 Å². The van der Waals surface area contributed by atoms with Crippen molar-refractivity contribution in [1.82, 2.24) is 4.98 Å². The smallest absolute Gasteiger partial charge is 0.123 e. The van der Waals surface area contributed by atoms with E-state index < -0.39 is 0 Å². The predicted octanol–water partition coefficient (Wildman–Crippen LogP) is 2.22. The van der Waals surface area contributed by atoms with Crippen LogP contribution < -0.4 is 5.73 Å². The Hall–Kier alpha value is -2.23. The van der Waals surface area contributed by atoms with Gasteiger partial charge in [0.2, 0.25) is 0 Å². The van der Waals surface area contributed by atoms with E-state index in [1.54, 1.807) is 24.7 Å². The van der Waals surface area contributed by atoms with Crippen molar-refractivity contribution in [2.45, 2.75) is 25.3 Å². The Morgan fingerprint density at radius 3 is 3.05 bits per heavy atom. The number of rotatable bonds is 6. The number of hydrogen-bond donors (Lipinski definition) is 1. The lowest BCUT2D eigenvalue weighted by molar-refractivity contribution is -0.107. The predicted molar refractivity (Wildman–Crippen MR) is 77.6 cm³/mol. The lowest BCUT2D eigenvalue weighted by atomic mass is 10.0. The molecule has 1 aromatic heterocycles. The maximum Gasteiger partial charge on any atom is 0.123 e. The molecule has 1 fully saturated rings. The molecule has 2 N–H and O–H groups in total. The summed E-state index contributed by atoms with van der Waals surface area (Å²) in [7, 11) is 0. The van der Waals surface area contributed by atoms with Gasteiger partial charge in [0.25, 0.3) is 0 Å². The minimum absolute atomic E-state index is 0.395. The number of aldehydes is 1. The molecule has 4 nitrogen and oxygen atoms in total. The van der Waals surface area contributed by atoms with Gasteiger partial charge in [0, 0.05) is 42.4 Å². The summed E-state index contributed by atoms with van der Waals surface area (Å²) < 4.78 is 0. The highest BCUT2D eigenvalue weighted by molar-refractivity contribution is 6.10. The summed E-state index contributed by atoms with van der Waals surface area (Å²) in [6, 6.07) is 2.36. The number of hydrogen-bond acceptors (Lipinski definition) is 4. The van der Waals surface area contributed by atoms with Gasteiger partial charge in [-0.2, -0.15) is 0 Å². The van der Waals surface area contributed by atoms with E-state index in [-0.39, 0.29) is 0 Å². The van der Waals surface area contributed by atoms with Crippen molar-refractivity contribution in [3.05, 3.63) is 41.9 Å². The van der Waals surface area contributed by atoms with Gasteiger partial charge in [0.15, 0.2) is 0 Å². The number of aromatic nitrogens is 1. The van der Waals surface area contributed by atoms with Crippen molar-refractivity contribution in [1.29, 1.82) is 0 Å². The Bertz CT molecular complexity index is 528. The highest BCUT2D eigenvalue weighted by atomic mass is 16.1. The molecule has 1 aromatic rings. The summed E-state index contributed by atoms with van der Waals surface area (Å²) >= 11 is 0. The topological polar surface area (TPSA) is 68.3 Å². The maximum absolute atomic E-state index is 10.3. The monoisotopic (exact) mass is 255 g/mol. The fraction of sp³-hybridized carbons (Fsp3) is 0.267. The zero-order valence-electron chi connectivity index (χ0n) is 10.7. The van der Waals surface area contributed by atoms with Crippen LogP contribution in [0, 0.1) is 0 Å². The first kappa shape index (κ1) is 13.2. The quantitative estimate of drug-likeness (QED) is 0.626. The van der Waals surface area contributed by atoms with E-state index in [1.807, 2.05) is 18.4 Å². The third-order valence-electron chi connectivity index (χ3n) is 2.84. The lowest BCUT2D eigenvalue weighted by Crippen LogP contribution is -1.96. The van der Waals surface area contributed by atoms with Gasteiger partial charge < -0.3 is 10.5 Å². The number of nitrogens with two attached hydrogens (primary N) is 1. The van der Waals surface area contributed by atoms with Gasteiger partial charge in [-0.1, -0.05) is 12.2 Å². The Balaban J connectivity index is 2.23. The summed E-state index contributed by atoms with van der Waals surface area (Å²) in [5.41, 5.74) is 8.47. The van der Waals surface area contributed by atoms with Crippen molar-refractivity contribution >= 4 is 24.1 Å². The van der Waals surface area contributed by atoms with Gasteiger partial charge in [-0.3, -0.25) is 9.98 Å². The van der Waals surface area contributed by atoms with Gasteiger partial charge in [-0.25, -0.2) is 0 Å². The molecule has 19 heavy (non-hydrogen) atoms. The molecular weight excluding hydrogens is 238 g/mol. The Morgan fingerprint density at radius 1 is 1.53 bits per heavy atom. The second-order valence-electron chi connectivity index (χ2n) is 4.40. The average molecular weight is 255 g/mol. The highest BCUT2D eigenvalue weighted by Gasteiger charge is 2.19. The molecule has 2 rings (SSSR count). The minimum Gasteiger partial charge on any atom is -0.404 e. The van der Waals surface area contributed by atoms with E-state index in [0.717, 1.165) is 35.8 Å². The number of carbonyl (C=O) groups excluding carboxylic acids is 1. The molecule has 0 bridgehead atoms. The fourth-order valence-electron chi connectivity index (χ4n) is 1.66. The number of nitrogens with zero attached hydrogens (tertiary/aromatic N) is 2. The van der Waals surface area contributed by atoms with Gasteiger partial charge >= 0.3 is 0 Å². The number of carbonyl (C=O) groups is 1. The van der Waals surface area contributed by atoms with Gasteiger partial charge in [-0.15, -0.1) is 0 Å². The normalized spacial score (nSPS) is 16.3. The van der Waals surface area contributed by atoms with Crippen LogP contribution in [0.1, 0.15) is 30.4 Å². The second kappa shape index (κ2) is 6.64. The zero-order chi connectivity index (χ0) is 13.5. The molecule has 0 atom stereocenters. The SMILES string of the molecule is NC=C(C=NC1CC1)c1ccncc1/C=C/CC=O. The van der Waals surface area contributed by atoms with Crippen LogP contribution >= 0.6 is 0 Å². The molecule has 1 aliphatic rings. The number of allylic oxidation sites excluding steroid dienone is 2. The molecule has 0 radical (unpaired) electrons. The molecular formula is C15H17N3O. The minimum atomic E-state index is 0.395. The molecule has 98 valence electrons. The highest BCUT2D eigenvalue weighted by Crippen LogP contribution is 2.24. The van der Waals surface area contributed by atoms with E-state index >= 15 is 0 Å². The zero-order valence-corrected chi connectivity index (χ0v) is 10.7. The van der Waals surface area contributed by atoms with Gasteiger partial charge in [0.05, 0.1) is 6.04 Å². The summed E-state index contributed by atoms with van der Waals surface area (Å²) in [6.07, 6.45) is 14.1. The molecule has 0 amide bonds. The summed E-state index contributed by atoms with van der Waals surface area (Å²) in [6.45, 7) is 0. The largest absolute Gasteiger partial charge is 0.404 e. The Kier molecular flexibility index (Phi) is 4.61. The van der Waals surface area contributed by atoms with E-state index in [4.69, 9.17) is 5.73 Å². The van der Waals surface area contributed by atoms with Crippen LogP contribution in [0.4, 0.5) is 0 Å². The standard InChI is InChI=1S/C15H17N3O/c16-9-13(11-18-14-4-5-14)15-6-7-17-10-12(15)3-1-2-8-19/h1,3,6-11,14H,2,4-5,16H2/b3-1+,13-9?,18-11?. The van der Waals surface area contributed by atoms with Gasteiger partial charge in [-0.05, 0) is 24.5 Å². The molecule has 1 heterocycles. The van der Waals surface area contributed by atoms with Crippen LogP contribution in [-0.4, -0.2) is 23.5 Å². The fourth-order valence-corrected chi connectivity index (χ4v) is 1.66. The van der Waals surface area contributed by atoms with Crippen LogP contribution in [-0.2, 0) is 4.79 Å². The van der Waals surface area contributed by atoms with E-state index in [9.17, 15) is 4.79 Å². The van der Waals surface area contributed by atoms with Crippen LogP contribution in [0.3, 0.4) is 0 Å². The van der Waals surface area contributed by atoms with Crippen molar-refractivity contribution < 1.29 is 4.79 Å². The molecule has 0 aliphatic heterocycles. The van der Waals surface area contributed by atoms with Crippen LogP contribution in [0.25, 0.3) is 11.6 Å². The molecule has 1 saturated carbocycles. The third kappa shape index (κ3) is 3.88. The molecule has 0 unspecified atom stereocenters. The Labute approximate surface area is 112 Å². The summed E-state index contributed by atoms with van der Waals surface area (Å²) in [5, 5.41) is 0. The summed E-state index contributed by atoms with van der Waals surface area (Å²) in [5.74, 6) is 0. The number of pyridine rings is 1. The second-order valence-corrected chi connectivity index (χ2v) is 4.40. The van der Waals surface area contributed by atoms with Crippen LogP contribution in [0.2, 0.25) is 0 Å². The van der Waals surface area contributed by atoms with Crippen LogP contribution in [0.5, 0.6) is 0 Å². The lowest BCUT2D eigenvalue weighted by Gasteiger charge is -2.05. The van der Waals surface area contributed by atoms with Crippen molar-refractivity contribution in [2.75, 3.05) is 0 Å².